The molecule has 3 rings (SSSR count). The third-order valence-electron chi connectivity index (χ3n) is 4.77. The van der Waals surface area contributed by atoms with Gasteiger partial charge in [0, 0.05) is 47.5 Å². The summed E-state index contributed by atoms with van der Waals surface area (Å²) >= 11 is 0. The highest BCUT2D eigenvalue weighted by Gasteiger charge is 2.13. The van der Waals surface area contributed by atoms with Crippen LogP contribution in [0.2, 0.25) is 0 Å². The fourth-order valence-electron chi connectivity index (χ4n) is 3.13. The molecular formula is C24H27N5. The van der Waals surface area contributed by atoms with E-state index in [0.717, 1.165) is 22.5 Å². The standard InChI is InChI=1S/C24H27N5/c1-4-27-15-20-12-21(24(26)19-9-10-28-17(3)11-19)22(25)13-23(20)29-14-18-7-5-16(2)6-8-18/h4-13,26-27,29H,1,14-15,25H2,2-3H3. The van der Waals surface area contributed by atoms with Gasteiger partial charge in [-0.25, -0.2) is 0 Å². The van der Waals surface area contributed by atoms with Crippen LogP contribution in [0.1, 0.15) is 33.5 Å². The van der Waals surface area contributed by atoms with Crippen molar-refractivity contribution >= 4 is 17.1 Å². The number of nitrogen functional groups attached to an aromatic ring is 1. The van der Waals surface area contributed by atoms with Gasteiger partial charge in [0.25, 0.3) is 0 Å². The van der Waals surface area contributed by atoms with Gasteiger partial charge in [0.05, 0.1) is 5.71 Å². The van der Waals surface area contributed by atoms with Gasteiger partial charge in [-0.05, 0) is 55.4 Å². The van der Waals surface area contributed by atoms with Crippen molar-refractivity contribution in [1.82, 2.24) is 10.3 Å². The van der Waals surface area contributed by atoms with Gasteiger partial charge in [0.15, 0.2) is 0 Å². The molecule has 5 nitrogen and oxygen atoms in total. The van der Waals surface area contributed by atoms with Crippen molar-refractivity contribution in [3.63, 3.8) is 0 Å². The van der Waals surface area contributed by atoms with E-state index in [1.54, 1.807) is 12.4 Å². The molecular weight excluding hydrogens is 358 g/mol. The highest BCUT2D eigenvalue weighted by atomic mass is 14.9. The fraction of sp³-hybridized carbons (Fsp3) is 0.167. The Labute approximate surface area is 172 Å². The van der Waals surface area contributed by atoms with Crippen molar-refractivity contribution in [2.24, 2.45) is 0 Å². The van der Waals surface area contributed by atoms with Crippen LogP contribution >= 0.6 is 0 Å². The molecule has 0 fully saturated rings. The zero-order valence-electron chi connectivity index (χ0n) is 16.9. The van der Waals surface area contributed by atoms with Gasteiger partial charge in [-0.2, -0.15) is 0 Å². The second kappa shape index (κ2) is 9.06. The summed E-state index contributed by atoms with van der Waals surface area (Å²) in [6.07, 6.45) is 3.38. The number of hydrogen-bond acceptors (Lipinski definition) is 5. The van der Waals surface area contributed by atoms with Crippen molar-refractivity contribution in [1.29, 1.82) is 5.41 Å². The van der Waals surface area contributed by atoms with Gasteiger partial charge in [-0.3, -0.25) is 10.4 Å². The molecule has 3 aromatic rings. The summed E-state index contributed by atoms with van der Waals surface area (Å²) in [6.45, 7) is 9.02. The van der Waals surface area contributed by atoms with Crippen LogP contribution in [-0.4, -0.2) is 10.7 Å². The number of nitrogens with two attached hydrogens (primary N) is 1. The van der Waals surface area contributed by atoms with Crippen molar-refractivity contribution in [3.05, 3.63) is 101 Å². The zero-order valence-corrected chi connectivity index (χ0v) is 16.9. The molecule has 0 amide bonds. The lowest BCUT2D eigenvalue weighted by molar-refractivity contribution is 0.871. The van der Waals surface area contributed by atoms with Crippen molar-refractivity contribution in [2.45, 2.75) is 26.9 Å². The molecule has 0 spiro atoms. The lowest BCUT2D eigenvalue weighted by atomic mass is 9.97. The minimum absolute atomic E-state index is 0.387. The Morgan fingerprint density at radius 1 is 1.10 bits per heavy atom. The van der Waals surface area contributed by atoms with Crippen LogP contribution in [0.5, 0.6) is 0 Å². The van der Waals surface area contributed by atoms with Crippen LogP contribution in [0.25, 0.3) is 0 Å². The number of anilines is 2. The Balaban J connectivity index is 1.90. The van der Waals surface area contributed by atoms with Gasteiger partial charge in [-0.1, -0.05) is 36.4 Å². The van der Waals surface area contributed by atoms with Gasteiger partial charge >= 0.3 is 0 Å². The Hall–Kier alpha value is -3.60. The molecule has 1 heterocycles. The van der Waals surface area contributed by atoms with E-state index in [1.165, 1.54) is 11.1 Å². The SMILES string of the molecule is C=CNCc1cc(C(=N)c2ccnc(C)c2)c(N)cc1NCc1ccc(C)cc1. The number of hydrogen-bond donors (Lipinski definition) is 4. The van der Waals surface area contributed by atoms with Crippen molar-refractivity contribution in [3.8, 4) is 0 Å². The summed E-state index contributed by atoms with van der Waals surface area (Å²) in [4.78, 5) is 4.21. The summed E-state index contributed by atoms with van der Waals surface area (Å²) in [5.74, 6) is 0. The van der Waals surface area contributed by atoms with E-state index in [1.807, 2.05) is 31.2 Å². The van der Waals surface area contributed by atoms with E-state index in [9.17, 15) is 0 Å². The number of pyridine rings is 1. The van der Waals surface area contributed by atoms with Crippen LogP contribution in [0.4, 0.5) is 11.4 Å². The first-order valence-corrected chi connectivity index (χ1v) is 9.56. The number of aryl methyl sites for hydroxylation is 2. The summed E-state index contributed by atoms with van der Waals surface area (Å²) in [5.41, 5.74) is 14.1. The summed E-state index contributed by atoms with van der Waals surface area (Å²) in [5, 5.41) is 15.3. The second-order valence-corrected chi connectivity index (χ2v) is 7.08. The molecule has 0 unspecified atom stereocenters. The molecule has 0 saturated heterocycles. The molecule has 5 heteroatoms. The fourth-order valence-corrected chi connectivity index (χ4v) is 3.13. The van der Waals surface area contributed by atoms with E-state index in [-0.39, 0.29) is 0 Å². The number of benzene rings is 2. The maximum Gasteiger partial charge on any atom is 0.0706 e. The normalized spacial score (nSPS) is 10.4. The quantitative estimate of drug-likeness (QED) is 0.339. The van der Waals surface area contributed by atoms with Crippen molar-refractivity contribution in [2.75, 3.05) is 11.1 Å². The molecule has 0 aliphatic rings. The molecule has 1 aromatic heterocycles. The Morgan fingerprint density at radius 2 is 1.86 bits per heavy atom. The molecule has 0 bridgehead atoms. The van der Waals surface area contributed by atoms with E-state index in [2.05, 4.69) is 53.4 Å². The number of nitrogens with one attached hydrogen (secondary N) is 3. The third-order valence-corrected chi connectivity index (χ3v) is 4.77. The smallest absolute Gasteiger partial charge is 0.0706 e. The van der Waals surface area contributed by atoms with Crippen LogP contribution in [0.3, 0.4) is 0 Å². The first kappa shape index (κ1) is 20.1. The lowest BCUT2D eigenvalue weighted by Gasteiger charge is -2.17. The summed E-state index contributed by atoms with van der Waals surface area (Å²) < 4.78 is 0. The van der Waals surface area contributed by atoms with Crippen LogP contribution in [0, 0.1) is 19.3 Å². The average molecular weight is 386 g/mol. The maximum atomic E-state index is 8.64. The van der Waals surface area contributed by atoms with Gasteiger partial charge in [0.2, 0.25) is 0 Å². The van der Waals surface area contributed by atoms with Crippen LogP contribution in [-0.2, 0) is 13.1 Å². The molecule has 2 aromatic carbocycles. The van der Waals surface area contributed by atoms with E-state index in [0.29, 0.717) is 30.1 Å². The molecule has 29 heavy (non-hydrogen) atoms. The monoisotopic (exact) mass is 385 g/mol. The minimum atomic E-state index is 0.387. The maximum absolute atomic E-state index is 8.64. The molecule has 0 atom stereocenters. The molecule has 148 valence electrons. The van der Waals surface area contributed by atoms with E-state index < -0.39 is 0 Å². The Kier molecular flexibility index (Phi) is 6.29. The van der Waals surface area contributed by atoms with Gasteiger partial charge in [-0.15, -0.1) is 0 Å². The van der Waals surface area contributed by atoms with E-state index >= 15 is 0 Å². The first-order chi connectivity index (χ1) is 14.0. The predicted molar refractivity (Wildman–Crippen MR) is 121 cm³/mol. The Bertz CT molecular complexity index is 1020. The molecule has 0 aliphatic carbocycles. The zero-order chi connectivity index (χ0) is 20.8. The predicted octanol–water partition coefficient (Wildman–Crippen LogP) is 4.54. The van der Waals surface area contributed by atoms with Crippen LogP contribution < -0.4 is 16.4 Å². The summed E-state index contributed by atoms with van der Waals surface area (Å²) in [7, 11) is 0. The number of aromatic nitrogens is 1. The molecule has 0 radical (unpaired) electrons. The second-order valence-electron chi connectivity index (χ2n) is 7.08. The molecule has 5 N–H and O–H groups in total. The number of rotatable bonds is 8. The summed E-state index contributed by atoms with van der Waals surface area (Å²) in [6, 6.07) is 16.0. The first-order valence-electron chi connectivity index (χ1n) is 9.56. The molecule has 0 saturated carbocycles. The largest absolute Gasteiger partial charge is 0.398 e. The van der Waals surface area contributed by atoms with Gasteiger partial charge in [0.1, 0.15) is 0 Å². The van der Waals surface area contributed by atoms with E-state index in [4.69, 9.17) is 11.1 Å². The number of nitrogens with zero attached hydrogens (tertiary/aromatic N) is 1. The topological polar surface area (TPSA) is 86.8 Å². The third kappa shape index (κ3) is 5.02. The lowest BCUT2D eigenvalue weighted by Crippen LogP contribution is -2.13. The van der Waals surface area contributed by atoms with Crippen molar-refractivity contribution < 1.29 is 0 Å². The van der Waals surface area contributed by atoms with Gasteiger partial charge < -0.3 is 16.4 Å². The highest BCUT2D eigenvalue weighted by Crippen LogP contribution is 2.26. The van der Waals surface area contributed by atoms with Crippen LogP contribution in [0.15, 0.2) is 67.5 Å². The minimum Gasteiger partial charge on any atom is -0.398 e. The average Bonchev–Trinajstić information content (AvgIpc) is 2.72. The molecule has 0 aliphatic heterocycles. The highest BCUT2D eigenvalue weighted by molar-refractivity contribution is 6.14. The Morgan fingerprint density at radius 3 is 2.55 bits per heavy atom.